The summed E-state index contributed by atoms with van der Waals surface area (Å²) in [4.78, 5) is 4.66. The van der Waals surface area contributed by atoms with Crippen molar-refractivity contribution in [2.75, 3.05) is 6.61 Å². The molecule has 33 heavy (non-hydrogen) atoms. The first-order valence-corrected chi connectivity index (χ1v) is 14.8. The minimum atomic E-state index is 0.818. The lowest BCUT2D eigenvalue weighted by Gasteiger charge is -2.32. The van der Waals surface area contributed by atoms with Gasteiger partial charge in [-0.25, -0.2) is 0 Å². The van der Waals surface area contributed by atoms with E-state index >= 15 is 0 Å². The lowest BCUT2D eigenvalue weighted by molar-refractivity contribution is 0.208. The molecule has 2 saturated carbocycles. The molecule has 2 heteroatoms. The smallest absolute Gasteiger partial charge is 0.137 e. The van der Waals surface area contributed by atoms with Gasteiger partial charge in [0.25, 0.3) is 0 Å². The maximum absolute atomic E-state index is 5.80. The Morgan fingerprint density at radius 1 is 0.667 bits per heavy atom. The van der Waals surface area contributed by atoms with Crippen LogP contribution in [-0.4, -0.2) is 11.6 Å². The molecule has 0 aromatic carbocycles. The Labute approximate surface area is 205 Å². The fourth-order valence-corrected chi connectivity index (χ4v) is 6.31. The number of hydrogen-bond acceptors (Lipinski definition) is 2. The molecule has 188 valence electrons. The van der Waals surface area contributed by atoms with Crippen LogP contribution in [0.5, 0.6) is 5.75 Å². The Morgan fingerprint density at radius 3 is 1.76 bits per heavy atom. The second kappa shape index (κ2) is 15.8. The van der Waals surface area contributed by atoms with E-state index in [0.717, 1.165) is 48.9 Å². The Balaban J connectivity index is 1.23. The number of aromatic nitrogens is 1. The van der Waals surface area contributed by atoms with Gasteiger partial charge in [-0.1, -0.05) is 117 Å². The minimum Gasteiger partial charge on any atom is -0.492 e. The second-order valence-electron chi connectivity index (χ2n) is 11.4. The van der Waals surface area contributed by atoms with E-state index in [0.29, 0.717) is 0 Å². The average molecular weight is 456 g/mol. The molecule has 2 aliphatic carbocycles. The van der Waals surface area contributed by atoms with Gasteiger partial charge in [0, 0.05) is 5.69 Å². The van der Waals surface area contributed by atoms with Crippen molar-refractivity contribution in [2.24, 2.45) is 23.7 Å². The van der Waals surface area contributed by atoms with Gasteiger partial charge in [0.15, 0.2) is 0 Å². The van der Waals surface area contributed by atoms with Crippen molar-refractivity contribution in [3.63, 3.8) is 0 Å². The van der Waals surface area contributed by atoms with Crippen LogP contribution < -0.4 is 4.74 Å². The van der Waals surface area contributed by atoms with Crippen LogP contribution >= 0.6 is 0 Å². The van der Waals surface area contributed by atoms with Crippen molar-refractivity contribution in [2.45, 2.75) is 136 Å². The minimum absolute atomic E-state index is 0.818. The maximum atomic E-state index is 5.80. The Bertz CT molecular complexity index is 596. The van der Waals surface area contributed by atoms with Crippen LogP contribution in [0.3, 0.4) is 0 Å². The van der Waals surface area contributed by atoms with Gasteiger partial charge < -0.3 is 4.74 Å². The first-order chi connectivity index (χ1) is 16.3. The molecule has 0 saturated heterocycles. The van der Waals surface area contributed by atoms with Crippen molar-refractivity contribution in [1.82, 2.24) is 4.98 Å². The van der Waals surface area contributed by atoms with Gasteiger partial charge in [-0.15, -0.1) is 0 Å². The molecule has 0 aliphatic heterocycles. The van der Waals surface area contributed by atoms with Crippen LogP contribution in [0.15, 0.2) is 18.3 Å². The van der Waals surface area contributed by atoms with Crippen molar-refractivity contribution >= 4 is 0 Å². The van der Waals surface area contributed by atoms with E-state index in [4.69, 9.17) is 4.74 Å². The summed E-state index contributed by atoms with van der Waals surface area (Å²) in [6.07, 6.45) is 28.8. The quantitative estimate of drug-likeness (QED) is 0.246. The van der Waals surface area contributed by atoms with Crippen LogP contribution in [0.4, 0.5) is 0 Å². The van der Waals surface area contributed by atoms with Gasteiger partial charge in [-0.2, -0.15) is 0 Å². The topological polar surface area (TPSA) is 22.1 Å². The highest BCUT2D eigenvalue weighted by molar-refractivity contribution is 5.19. The molecular formula is C31H53NO. The third-order valence-corrected chi connectivity index (χ3v) is 8.75. The number of hydrogen-bond donors (Lipinski definition) is 0. The average Bonchev–Trinajstić information content (AvgIpc) is 2.86. The molecule has 0 N–H and O–H groups in total. The van der Waals surface area contributed by atoms with Crippen LogP contribution in [0.1, 0.15) is 135 Å². The summed E-state index contributed by atoms with van der Waals surface area (Å²) in [5.41, 5.74) is 1.24. The first kappa shape index (κ1) is 26.6. The van der Waals surface area contributed by atoms with E-state index in [-0.39, 0.29) is 0 Å². The number of ether oxygens (including phenoxy) is 1. The first-order valence-electron chi connectivity index (χ1n) is 14.8. The maximum Gasteiger partial charge on any atom is 0.137 e. The molecule has 1 aromatic rings. The largest absolute Gasteiger partial charge is 0.492 e. The predicted molar refractivity (Wildman–Crippen MR) is 142 cm³/mol. The highest BCUT2D eigenvalue weighted by Gasteiger charge is 2.24. The highest BCUT2D eigenvalue weighted by Crippen LogP contribution is 2.38. The Kier molecular flexibility index (Phi) is 12.7. The molecule has 0 radical (unpaired) electrons. The fraction of sp³-hybridized carbons (Fsp3) is 0.839. The number of nitrogens with zero attached hydrogens (tertiary/aromatic N) is 1. The Morgan fingerprint density at radius 2 is 1.21 bits per heavy atom. The lowest BCUT2D eigenvalue weighted by Crippen LogP contribution is -2.18. The third kappa shape index (κ3) is 10.4. The van der Waals surface area contributed by atoms with Crippen LogP contribution in [0, 0.1) is 23.7 Å². The zero-order chi connectivity index (χ0) is 23.1. The molecule has 0 amide bonds. The van der Waals surface area contributed by atoms with Gasteiger partial charge in [-0.05, 0) is 55.1 Å². The van der Waals surface area contributed by atoms with Crippen molar-refractivity contribution in [1.29, 1.82) is 0 Å². The number of aryl methyl sites for hydroxylation is 1. The van der Waals surface area contributed by atoms with Crippen molar-refractivity contribution in [3.05, 3.63) is 24.0 Å². The van der Waals surface area contributed by atoms with E-state index in [1.807, 2.05) is 6.20 Å². The van der Waals surface area contributed by atoms with E-state index in [1.165, 1.54) is 115 Å². The zero-order valence-electron chi connectivity index (χ0n) is 22.0. The molecule has 0 atom stereocenters. The molecule has 3 rings (SSSR count). The van der Waals surface area contributed by atoms with Crippen molar-refractivity contribution in [3.8, 4) is 5.75 Å². The van der Waals surface area contributed by atoms with E-state index in [9.17, 15) is 0 Å². The van der Waals surface area contributed by atoms with Gasteiger partial charge in [0.1, 0.15) is 5.75 Å². The van der Waals surface area contributed by atoms with Gasteiger partial charge in [0.2, 0.25) is 0 Å². The van der Waals surface area contributed by atoms with E-state index in [2.05, 4.69) is 31.0 Å². The second-order valence-corrected chi connectivity index (χ2v) is 11.4. The SMILES string of the molecule is CCCCCOc1ccc(CCC2CCC(CCC3CCC(CCCCC)CC3)CC2)nc1. The normalized spacial score (nSPS) is 25.8. The van der Waals surface area contributed by atoms with E-state index < -0.39 is 0 Å². The summed E-state index contributed by atoms with van der Waals surface area (Å²) >= 11 is 0. The summed E-state index contributed by atoms with van der Waals surface area (Å²) in [7, 11) is 0. The molecule has 1 aromatic heterocycles. The molecule has 2 fully saturated rings. The Hall–Kier alpha value is -1.05. The monoisotopic (exact) mass is 455 g/mol. The predicted octanol–water partition coefficient (Wildman–Crippen LogP) is 9.56. The molecule has 0 bridgehead atoms. The summed E-state index contributed by atoms with van der Waals surface area (Å²) in [6, 6.07) is 4.29. The van der Waals surface area contributed by atoms with Crippen LogP contribution in [0.25, 0.3) is 0 Å². The van der Waals surface area contributed by atoms with Gasteiger partial charge in [0.05, 0.1) is 12.8 Å². The number of pyridine rings is 1. The molecule has 1 heterocycles. The third-order valence-electron chi connectivity index (χ3n) is 8.75. The molecule has 0 unspecified atom stereocenters. The number of rotatable bonds is 15. The highest BCUT2D eigenvalue weighted by atomic mass is 16.5. The van der Waals surface area contributed by atoms with Gasteiger partial charge in [-0.3, -0.25) is 4.98 Å². The standard InChI is InChI=1S/C31H53NO/c1-3-5-7-9-26-10-12-27(13-11-26)14-15-28-16-18-29(19-17-28)20-21-30-22-23-31(25-32-30)33-24-8-6-4-2/h22-23,25-29H,3-21,24H2,1-2H3. The number of unbranched alkanes of at least 4 members (excludes halogenated alkanes) is 4. The van der Waals surface area contributed by atoms with Gasteiger partial charge >= 0.3 is 0 Å². The zero-order valence-corrected chi connectivity index (χ0v) is 22.0. The summed E-state index contributed by atoms with van der Waals surface area (Å²) in [6.45, 7) is 5.37. The summed E-state index contributed by atoms with van der Waals surface area (Å²) in [5, 5.41) is 0. The fourth-order valence-electron chi connectivity index (χ4n) is 6.31. The lowest BCUT2D eigenvalue weighted by atomic mass is 9.74. The van der Waals surface area contributed by atoms with Crippen molar-refractivity contribution < 1.29 is 4.74 Å². The summed E-state index contributed by atoms with van der Waals surface area (Å²) in [5.74, 6) is 4.99. The van der Waals surface area contributed by atoms with Crippen LogP contribution in [0.2, 0.25) is 0 Å². The molecule has 2 aliphatic rings. The van der Waals surface area contributed by atoms with Crippen LogP contribution in [-0.2, 0) is 6.42 Å². The summed E-state index contributed by atoms with van der Waals surface area (Å²) < 4.78 is 5.80. The molecular weight excluding hydrogens is 402 g/mol. The van der Waals surface area contributed by atoms with E-state index in [1.54, 1.807) is 0 Å². The molecule has 0 spiro atoms. The molecule has 2 nitrogen and oxygen atoms in total.